The van der Waals surface area contributed by atoms with Crippen LogP contribution in [0.15, 0.2) is 4.99 Å². The smallest absolute Gasteiger partial charge is 0.220 e. The highest BCUT2D eigenvalue weighted by molar-refractivity contribution is 7.11. The standard InChI is InChI=1S/C18H31N5OS/c1-13-14(2)25-17(23-13)12-22-18(19-3)21-10-9-20-16(24)11-15-7-5-4-6-8-15/h15H,4-12H2,1-3H3,(H,20,24)(H2,19,21,22). The van der Waals surface area contributed by atoms with Crippen molar-refractivity contribution >= 4 is 23.2 Å². The van der Waals surface area contributed by atoms with E-state index in [1.165, 1.54) is 37.0 Å². The van der Waals surface area contributed by atoms with Crippen molar-refractivity contribution in [3.63, 3.8) is 0 Å². The van der Waals surface area contributed by atoms with Gasteiger partial charge in [-0.05, 0) is 32.6 Å². The molecular weight excluding hydrogens is 334 g/mol. The summed E-state index contributed by atoms with van der Waals surface area (Å²) in [4.78, 5) is 21.9. The summed E-state index contributed by atoms with van der Waals surface area (Å²) in [6.45, 7) is 6.04. The van der Waals surface area contributed by atoms with Gasteiger partial charge in [0.15, 0.2) is 5.96 Å². The number of rotatable bonds is 7. The number of thiazole rings is 1. The topological polar surface area (TPSA) is 78.4 Å². The van der Waals surface area contributed by atoms with Gasteiger partial charge in [0.25, 0.3) is 0 Å². The van der Waals surface area contributed by atoms with Crippen LogP contribution in [0.2, 0.25) is 0 Å². The number of aromatic nitrogens is 1. The quantitative estimate of drug-likeness (QED) is 0.394. The Kier molecular flexibility index (Phi) is 8.18. The molecule has 1 aromatic rings. The van der Waals surface area contributed by atoms with Gasteiger partial charge in [0.2, 0.25) is 5.91 Å². The Hall–Kier alpha value is -1.63. The third-order valence-electron chi connectivity index (χ3n) is 4.64. The Morgan fingerprint density at radius 3 is 2.52 bits per heavy atom. The Morgan fingerprint density at radius 1 is 1.16 bits per heavy atom. The van der Waals surface area contributed by atoms with E-state index in [1.54, 1.807) is 18.4 Å². The van der Waals surface area contributed by atoms with Crippen molar-refractivity contribution in [1.82, 2.24) is 20.9 Å². The summed E-state index contributed by atoms with van der Waals surface area (Å²) in [7, 11) is 1.75. The van der Waals surface area contributed by atoms with E-state index in [-0.39, 0.29) is 5.91 Å². The molecule has 7 heteroatoms. The molecule has 1 heterocycles. The largest absolute Gasteiger partial charge is 0.355 e. The summed E-state index contributed by atoms with van der Waals surface area (Å²) in [5, 5.41) is 10.5. The molecule has 2 rings (SSSR count). The zero-order chi connectivity index (χ0) is 18.1. The fourth-order valence-corrected chi connectivity index (χ4v) is 3.98. The van der Waals surface area contributed by atoms with Gasteiger partial charge < -0.3 is 16.0 Å². The molecule has 0 bridgehead atoms. The monoisotopic (exact) mass is 365 g/mol. The number of nitrogens with one attached hydrogen (secondary N) is 3. The number of aryl methyl sites for hydroxylation is 2. The van der Waals surface area contributed by atoms with Crippen molar-refractivity contribution in [1.29, 1.82) is 0 Å². The minimum absolute atomic E-state index is 0.172. The molecule has 1 aromatic heterocycles. The number of aliphatic imine (C=N–C) groups is 1. The van der Waals surface area contributed by atoms with Crippen LogP contribution >= 0.6 is 11.3 Å². The highest BCUT2D eigenvalue weighted by Gasteiger charge is 2.16. The van der Waals surface area contributed by atoms with Crippen molar-refractivity contribution < 1.29 is 4.79 Å². The average Bonchev–Trinajstić information content (AvgIpc) is 2.93. The molecule has 0 spiro atoms. The van der Waals surface area contributed by atoms with E-state index in [4.69, 9.17) is 0 Å². The number of nitrogens with zero attached hydrogens (tertiary/aromatic N) is 2. The van der Waals surface area contributed by atoms with Crippen LogP contribution in [-0.4, -0.2) is 37.0 Å². The molecule has 0 aliphatic heterocycles. The lowest BCUT2D eigenvalue weighted by atomic mass is 9.87. The fourth-order valence-electron chi connectivity index (χ4n) is 3.10. The first kappa shape index (κ1) is 19.7. The van der Waals surface area contributed by atoms with Crippen LogP contribution in [0, 0.1) is 19.8 Å². The number of carbonyl (C=O) groups excluding carboxylic acids is 1. The van der Waals surface area contributed by atoms with Crippen LogP contribution in [0.25, 0.3) is 0 Å². The van der Waals surface area contributed by atoms with E-state index >= 15 is 0 Å². The van der Waals surface area contributed by atoms with Crippen molar-refractivity contribution in [2.45, 2.75) is 58.9 Å². The molecule has 0 saturated heterocycles. The van der Waals surface area contributed by atoms with Gasteiger partial charge in [0.05, 0.1) is 12.2 Å². The third kappa shape index (κ3) is 7.02. The van der Waals surface area contributed by atoms with Gasteiger partial charge >= 0.3 is 0 Å². The molecule has 140 valence electrons. The molecule has 1 fully saturated rings. The molecule has 0 unspecified atom stereocenters. The molecular formula is C18H31N5OS. The zero-order valence-electron chi connectivity index (χ0n) is 15.7. The van der Waals surface area contributed by atoms with Gasteiger partial charge in [-0.2, -0.15) is 0 Å². The average molecular weight is 366 g/mol. The van der Waals surface area contributed by atoms with Crippen molar-refractivity contribution in [2.24, 2.45) is 10.9 Å². The minimum atomic E-state index is 0.172. The fraction of sp³-hybridized carbons (Fsp3) is 0.722. The first-order chi connectivity index (χ1) is 12.1. The number of amides is 1. The summed E-state index contributed by atoms with van der Waals surface area (Å²) in [6, 6.07) is 0. The van der Waals surface area contributed by atoms with Gasteiger partial charge in [-0.1, -0.05) is 19.3 Å². The molecule has 6 nitrogen and oxygen atoms in total. The van der Waals surface area contributed by atoms with Crippen LogP contribution in [0.1, 0.15) is 54.1 Å². The number of guanidine groups is 1. The maximum atomic E-state index is 12.0. The van der Waals surface area contributed by atoms with Crippen LogP contribution < -0.4 is 16.0 Å². The Morgan fingerprint density at radius 2 is 1.88 bits per heavy atom. The summed E-state index contributed by atoms with van der Waals surface area (Å²) in [5.41, 5.74) is 1.09. The first-order valence-corrected chi connectivity index (χ1v) is 10.0. The molecule has 3 N–H and O–H groups in total. The lowest BCUT2D eigenvalue weighted by Crippen LogP contribution is -2.41. The molecule has 0 aromatic carbocycles. The summed E-state index contributed by atoms with van der Waals surface area (Å²) < 4.78 is 0. The predicted octanol–water partition coefficient (Wildman–Crippen LogP) is 2.51. The molecule has 0 radical (unpaired) electrons. The lowest BCUT2D eigenvalue weighted by Gasteiger charge is -2.20. The number of hydrogen-bond donors (Lipinski definition) is 3. The number of hydrogen-bond acceptors (Lipinski definition) is 4. The molecule has 1 saturated carbocycles. The van der Waals surface area contributed by atoms with E-state index in [9.17, 15) is 4.79 Å². The summed E-state index contributed by atoms with van der Waals surface area (Å²) >= 11 is 1.70. The SMILES string of the molecule is CN=C(NCCNC(=O)CC1CCCCC1)NCc1nc(C)c(C)s1. The molecule has 25 heavy (non-hydrogen) atoms. The summed E-state index contributed by atoms with van der Waals surface area (Å²) in [6.07, 6.45) is 6.97. The second kappa shape index (κ2) is 10.4. The molecule has 0 atom stereocenters. The second-order valence-electron chi connectivity index (χ2n) is 6.66. The van der Waals surface area contributed by atoms with Crippen LogP contribution in [0.5, 0.6) is 0 Å². The maximum Gasteiger partial charge on any atom is 0.220 e. The zero-order valence-corrected chi connectivity index (χ0v) is 16.5. The van der Waals surface area contributed by atoms with Crippen molar-refractivity contribution in [3.05, 3.63) is 15.6 Å². The van der Waals surface area contributed by atoms with Crippen LogP contribution in [-0.2, 0) is 11.3 Å². The molecule has 1 amide bonds. The highest BCUT2D eigenvalue weighted by Crippen LogP contribution is 2.25. The van der Waals surface area contributed by atoms with E-state index < -0.39 is 0 Å². The molecule has 1 aliphatic rings. The van der Waals surface area contributed by atoms with Crippen molar-refractivity contribution in [2.75, 3.05) is 20.1 Å². The van der Waals surface area contributed by atoms with Gasteiger partial charge in [-0.15, -0.1) is 11.3 Å². The van der Waals surface area contributed by atoms with Gasteiger partial charge in [-0.25, -0.2) is 4.98 Å². The van der Waals surface area contributed by atoms with Crippen LogP contribution in [0.3, 0.4) is 0 Å². The van der Waals surface area contributed by atoms with E-state index in [0.29, 0.717) is 32.0 Å². The predicted molar refractivity (Wildman–Crippen MR) is 104 cm³/mol. The maximum absolute atomic E-state index is 12.0. The van der Waals surface area contributed by atoms with Crippen LogP contribution in [0.4, 0.5) is 0 Å². The van der Waals surface area contributed by atoms with E-state index in [1.807, 2.05) is 6.92 Å². The van der Waals surface area contributed by atoms with Gasteiger partial charge in [0.1, 0.15) is 5.01 Å². The number of carbonyl (C=O) groups is 1. The first-order valence-electron chi connectivity index (χ1n) is 9.22. The second-order valence-corrected chi connectivity index (χ2v) is 7.95. The lowest BCUT2D eigenvalue weighted by molar-refractivity contribution is -0.122. The Labute approximate surface area is 154 Å². The van der Waals surface area contributed by atoms with E-state index in [2.05, 4.69) is 32.9 Å². The van der Waals surface area contributed by atoms with Crippen molar-refractivity contribution in [3.8, 4) is 0 Å². The van der Waals surface area contributed by atoms with Gasteiger partial charge in [0, 0.05) is 31.4 Å². The van der Waals surface area contributed by atoms with E-state index in [0.717, 1.165) is 16.7 Å². The van der Waals surface area contributed by atoms with Gasteiger partial charge in [-0.3, -0.25) is 9.79 Å². The molecule has 1 aliphatic carbocycles. The third-order valence-corrected chi connectivity index (χ3v) is 5.71. The Balaban J connectivity index is 1.59. The summed E-state index contributed by atoms with van der Waals surface area (Å²) in [5.74, 6) is 1.48. The highest BCUT2D eigenvalue weighted by atomic mass is 32.1. The normalized spacial score (nSPS) is 15.9. The minimum Gasteiger partial charge on any atom is -0.355 e. The Bertz CT molecular complexity index is 559.